The van der Waals surface area contributed by atoms with E-state index in [2.05, 4.69) is 0 Å². The lowest BCUT2D eigenvalue weighted by Crippen LogP contribution is -2.29. The maximum atomic E-state index is 13.6. The van der Waals surface area contributed by atoms with E-state index in [1.807, 2.05) is 0 Å². The molecule has 0 radical (unpaired) electrons. The molecule has 0 fully saturated rings. The fourth-order valence-corrected chi connectivity index (χ4v) is 3.07. The van der Waals surface area contributed by atoms with Crippen LogP contribution in [-0.2, 0) is 31.2 Å². The van der Waals surface area contributed by atoms with Gasteiger partial charge in [-0.3, -0.25) is 4.79 Å². The summed E-state index contributed by atoms with van der Waals surface area (Å²) in [5.74, 6) is -1.26. The Hall–Kier alpha value is -2.47. The summed E-state index contributed by atoms with van der Waals surface area (Å²) in [5.41, 5.74) is 0.609. The molecule has 0 aliphatic carbocycles. The predicted molar refractivity (Wildman–Crippen MR) is 91.5 cm³/mol. The largest absolute Gasteiger partial charge is 0.478 e. The molecular formula is C19H15F2O3S+. The second kappa shape index (κ2) is 6.44. The average Bonchev–Trinajstić information content (AvgIpc) is 2.78. The van der Waals surface area contributed by atoms with Crippen LogP contribution in [0.5, 0.6) is 0 Å². The summed E-state index contributed by atoms with van der Waals surface area (Å²) >= 11 is 0.463. The van der Waals surface area contributed by atoms with Crippen LogP contribution in [0.25, 0.3) is 11.3 Å². The molecule has 3 nitrogen and oxygen atoms in total. The minimum Gasteiger partial charge on any atom is -0.478 e. The van der Waals surface area contributed by atoms with Crippen LogP contribution >= 0.6 is 0 Å². The van der Waals surface area contributed by atoms with Crippen molar-refractivity contribution in [2.45, 2.75) is 25.2 Å². The van der Waals surface area contributed by atoms with Crippen molar-refractivity contribution in [1.82, 2.24) is 0 Å². The Kier molecular flexibility index (Phi) is 4.47. The molecule has 3 rings (SSSR count). The molecule has 0 unspecified atom stereocenters. The van der Waals surface area contributed by atoms with Crippen molar-refractivity contribution in [3.8, 4) is 0 Å². The number of carbonyl (C=O) groups excluding carboxylic acids is 1. The van der Waals surface area contributed by atoms with Crippen molar-refractivity contribution in [2.24, 2.45) is 0 Å². The highest BCUT2D eigenvalue weighted by molar-refractivity contribution is 7.64. The highest BCUT2D eigenvalue weighted by atomic mass is 32.1. The SMILES string of the molecule is CC1(C)OC(c2ccc(C[S+]=O)cc2)=C(c2cc(F)cc(F)c2)C1=O. The van der Waals surface area contributed by atoms with E-state index < -0.39 is 17.2 Å². The molecular weight excluding hydrogens is 346 g/mol. The lowest BCUT2D eigenvalue weighted by molar-refractivity contribution is -0.125. The first-order valence-corrected chi connectivity index (χ1v) is 8.51. The highest BCUT2D eigenvalue weighted by Crippen LogP contribution is 2.41. The maximum Gasteiger partial charge on any atom is 0.463 e. The van der Waals surface area contributed by atoms with E-state index in [1.165, 1.54) is 0 Å². The Balaban J connectivity index is 2.15. The van der Waals surface area contributed by atoms with E-state index in [0.717, 1.165) is 23.8 Å². The lowest BCUT2D eigenvalue weighted by Gasteiger charge is -2.17. The highest BCUT2D eigenvalue weighted by Gasteiger charge is 2.43. The molecule has 2 aromatic rings. The molecule has 6 heteroatoms. The Labute approximate surface area is 147 Å². The minimum absolute atomic E-state index is 0.141. The van der Waals surface area contributed by atoms with Gasteiger partial charge in [0.05, 0.1) is 5.57 Å². The number of Topliss-reactive ketones (excluding diaryl/α,β-unsaturated/α-hetero) is 1. The van der Waals surface area contributed by atoms with Gasteiger partial charge in [0.1, 0.15) is 17.4 Å². The van der Waals surface area contributed by atoms with E-state index in [1.54, 1.807) is 38.1 Å². The van der Waals surface area contributed by atoms with Gasteiger partial charge in [-0.15, -0.1) is 0 Å². The average molecular weight is 361 g/mol. The van der Waals surface area contributed by atoms with E-state index >= 15 is 0 Å². The molecule has 0 N–H and O–H groups in total. The molecule has 2 aromatic carbocycles. The number of benzene rings is 2. The molecule has 0 amide bonds. The van der Waals surface area contributed by atoms with Gasteiger partial charge >= 0.3 is 11.7 Å². The first-order chi connectivity index (χ1) is 11.8. The van der Waals surface area contributed by atoms with Gasteiger partial charge in [0.15, 0.2) is 5.60 Å². The van der Waals surface area contributed by atoms with Crippen molar-refractivity contribution >= 4 is 28.8 Å². The molecule has 1 heterocycles. The zero-order valence-corrected chi connectivity index (χ0v) is 14.5. The second-order valence-electron chi connectivity index (χ2n) is 6.26. The van der Waals surface area contributed by atoms with E-state index in [-0.39, 0.29) is 22.7 Å². The van der Waals surface area contributed by atoms with Crippen LogP contribution in [0, 0.1) is 11.6 Å². The van der Waals surface area contributed by atoms with Crippen LogP contribution in [-0.4, -0.2) is 11.4 Å². The summed E-state index contributed by atoms with van der Waals surface area (Å²) in [6, 6.07) is 9.96. The molecule has 25 heavy (non-hydrogen) atoms. The number of hydrogen-bond acceptors (Lipinski definition) is 3. The molecule has 128 valence electrons. The van der Waals surface area contributed by atoms with Crippen LogP contribution in [0.4, 0.5) is 8.78 Å². The summed E-state index contributed by atoms with van der Waals surface area (Å²) in [5, 5.41) is 0. The van der Waals surface area contributed by atoms with Crippen LogP contribution in [0.1, 0.15) is 30.5 Å². The van der Waals surface area contributed by atoms with E-state index in [0.29, 0.717) is 23.0 Å². The van der Waals surface area contributed by atoms with Gasteiger partial charge < -0.3 is 4.74 Å². The van der Waals surface area contributed by atoms with Gasteiger partial charge in [-0.05, 0) is 31.5 Å². The maximum absolute atomic E-state index is 13.6. The Morgan fingerprint density at radius 1 is 1.00 bits per heavy atom. The van der Waals surface area contributed by atoms with Gasteiger partial charge in [0, 0.05) is 21.4 Å². The van der Waals surface area contributed by atoms with Gasteiger partial charge in [0.2, 0.25) is 5.78 Å². The second-order valence-corrected chi connectivity index (χ2v) is 6.79. The molecule has 0 atom stereocenters. The van der Waals surface area contributed by atoms with Gasteiger partial charge in [-0.2, -0.15) is 0 Å². The van der Waals surface area contributed by atoms with Crippen molar-refractivity contribution in [1.29, 1.82) is 0 Å². The number of ketones is 1. The number of rotatable bonds is 4. The Bertz CT molecular complexity index is 866. The zero-order chi connectivity index (χ0) is 18.2. The Morgan fingerprint density at radius 2 is 1.60 bits per heavy atom. The van der Waals surface area contributed by atoms with Crippen molar-refractivity contribution in [3.63, 3.8) is 0 Å². The number of carbonyl (C=O) groups is 1. The fourth-order valence-electron chi connectivity index (χ4n) is 2.74. The fraction of sp³-hybridized carbons (Fsp3) is 0.211. The molecule has 1 aliphatic rings. The van der Waals surface area contributed by atoms with Crippen molar-refractivity contribution in [2.75, 3.05) is 0 Å². The van der Waals surface area contributed by atoms with Crippen molar-refractivity contribution < 1.29 is 22.5 Å². The normalized spacial score (nSPS) is 16.1. The third-order valence-electron chi connectivity index (χ3n) is 3.95. The first kappa shape index (κ1) is 17.4. The summed E-state index contributed by atoms with van der Waals surface area (Å²) in [6.45, 7) is 3.22. The van der Waals surface area contributed by atoms with Crippen molar-refractivity contribution in [3.05, 3.63) is 70.8 Å². The quantitative estimate of drug-likeness (QED) is 0.769. The molecule has 0 spiro atoms. The number of ether oxygens (including phenoxy) is 1. The predicted octanol–water partition coefficient (Wildman–Crippen LogP) is 4.14. The third-order valence-corrected chi connectivity index (χ3v) is 4.40. The summed E-state index contributed by atoms with van der Waals surface area (Å²) in [4.78, 5) is 12.7. The van der Waals surface area contributed by atoms with E-state index in [9.17, 15) is 17.8 Å². The minimum atomic E-state index is -1.13. The smallest absolute Gasteiger partial charge is 0.463 e. The summed E-state index contributed by atoms with van der Waals surface area (Å²) in [6.07, 6.45) is 0. The number of halogens is 2. The van der Waals surface area contributed by atoms with Crippen LogP contribution in [0.15, 0.2) is 42.5 Å². The van der Waals surface area contributed by atoms with Gasteiger partial charge in [-0.25, -0.2) is 8.78 Å². The summed E-state index contributed by atoms with van der Waals surface area (Å²) < 4.78 is 43.7. The Morgan fingerprint density at radius 3 is 2.16 bits per heavy atom. The topological polar surface area (TPSA) is 43.4 Å². The molecule has 0 bridgehead atoms. The van der Waals surface area contributed by atoms with Gasteiger partial charge in [-0.1, -0.05) is 24.3 Å². The summed E-state index contributed by atoms with van der Waals surface area (Å²) in [7, 11) is 0. The van der Waals surface area contributed by atoms with Crippen LogP contribution in [0.2, 0.25) is 0 Å². The lowest BCUT2D eigenvalue weighted by atomic mass is 9.92. The molecule has 0 saturated heterocycles. The zero-order valence-electron chi connectivity index (χ0n) is 13.6. The van der Waals surface area contributed by atoms with Gasteiger partial charge in [0.25, 0.3) is 5.75 Å². The number of hydrogen-bond donors (Lipinski definition) is 0. The standard InChI is InChI=1S/C19H15F2O3S/c1-19(2)18(22)16(13-7-14(20)9-15(21)8-13)17(24-19)12-5-3-11(4-6-12)10-25-23/h3-9H,10H2,1-2H3/q+1. The van der Waals surface area contributed by atoms with E-state index in [4.69, 9.17) is 4.74 Å². The molecule has 0 aromatic heterocycles. The monoisotopic (exact) mass is 361 g/mol. The first-order valence-electron chi connectivity index (χ1n) is 7.60. The molecule has 1 aliphatic heterocycles. The molecule has 0 saturated carbocycles. The van der Waals surface area contributed by atoms with Crippen LogP contribution in [0.3, 0.4) is 0 Å². The van der Waals surface area contributed by atoms with Crippen LogP contribution < -0.4 is 0 Å². The third kappa shape index (κ3) is 3.35.